The highest BCUT2D eigenvalue weighted by Gasteiger charge is 1.94. The Morgan fingerprint density at radius 3 is 1.11 bits per heavy atom. The van der Waals surface area contributed by atoms with Crippen molar-refractivity contribution in [3.05, 3.63) is 0 Å². The fraction of sp³-hybridized carbons (Fsp3) is 1.00. The SMILES string of the molecule is C1CNCCNCCSCCSCCNCCN1. The van der Waals surface area contributed by atoms with Crippen molar-refractivity contribution < 1.29 is 0 Å². The average molecular weight is 293 g/mol. The minimum absolute atomic E-state index is 1.06. The zero-order valence-electron chi connectivity index (χ0n) is 11.3. The lowest BCUT2D eigenvalue weighted by Crippen LogP contribution is -2.35. The van der Waals surface area contributed by atoms with E-state index in [4.69, 9.17) is 0 Å². The molecule has 0 aromatic carbocycles. The summed E-state index contributed by atoms with van der Waals surface area (Å²) in [6.45, 7) is 8.70. The molecule has 1 aliphatic heterocycles. The van der Waals surface area contributed by atoms with Crippen LogP contribution in [0.5, 0.6) is 0 Å². The molecule has 1 fully saturated rings. The molecular weight excluding hydrogens is 264 g/mol. The van der Waals surface area contributed by atoms with Gasteiger partial charge in [0.15, 0.2) is 0 Å². The summed E-state index contributed by atoms with van der Waals surface area (Å²) in [6, 6.07) is 0. The predicted molar refractivity (Wildman–Crippen MR) is 86.1 cm³/mol. The van der Waals surface area contributed by atoms with Crippen molar-refractivity contribution in [1.29, 1.82) is 0 Å². The summed E-state index contributed by atoms with van der Waals surface area (Å²) in [7, 11) is 0. The largest absolute Gasteiger partial charge is 0.315 e. The zero-order chi connectivity index (χ0) is 12.7. The quantitative estimate of drug-likeness (QED) is 0.497. The molecule has 4 nitrogen and oxygen atoms in total. The normalized spacial score (nSPS) is 24.0. The van der Waals surface area contributed by atoms with E-state index >= 15 is 0 Å². The molecule has 0 bridgehead atoms. The third-order valence-electron chi connectivity index (χ3n) is 2.65. The Hall–Kier alpha value is 0.540. The maximum Gasteiger partial charge on any atom is 0.00772 e. The van der Waals surface area contributed by atoms with E-state index in [9.17, 15) is 0 Å². The molecule has 0 radical (unpaired) electrons. The van der Waals surface area contributed by atoms with Crippen molar-refractivity contribution in [1.82, 2.24) is 21.3 Å². The molecule has 108 valence electrons. The minimum atomic E-state index is 1.06. The van der Waals surface area contributed by atoms with E-state index in [1.807, 2.05) is 0 Å². The number of hydrogen-bond donors (Lipinski definition) is 4. The van der Waals surface area contributed by atoms with Crippen LogP contribution in [0.3, 0.4) is 0 Å². The Labute approximate surface area is 120 Å². The van der Waals surface area contributed by atoms with Gasteiger partial charge in [-0.15, -0.1) is 0 Å². The zero-order valence-corrected chi connectivity index (χ0v) is 12.9. The van der Waals surface area contributed by atoms with Crippen molar-refractivity contribution in [2.24, 2.45) is 0 Å². The lowest BCUT2D eigenvalue weighted by Gasteiger charge is -2.09. The second kappa shape index (κ2) is 14.0. The van der Waals surface area contributed by atoms with Gasteiger partial charge in [0, 0.05) is 75.4 Å². The Kier molecular flexibility index (Phi) is 12.9. The van der Waals surface area contributed by atoms with Gasteiger partial charge in [-0.3, -0.25) is 0 Å². The second-order valence-corrected chi connectivity index (χ2v) is 6.67. The first-order valence-corrected chi connectivity index (χ1v) is 9.29. The van der Waals surface area contributed by atoms with Crippen LogP contribution in [-0.2, 0) is 0 Å². The lowest BCUT2D eigenvalue weighted by atomic mass is 10.5. The minimum Gasteiger partial charge on any atom is -0.315 e. The van der Waals surface area contributed by atoms with Crippen LogP contribution in [0.15, 0.2) is 0 Å². The highest BCUT2D eigenvalue weighted by atomic mass is 32.2. The molecule has 0 amide bonds. The summed E-state index contributed by atoms with van der Waals surface area (Å²) in [5.41, 5.74) is 0. The molecule has 1 heterocycles. The van der Waals surface area contributed by atoms with Gasteiger partial charge in [0.2, 0.25) is 0 Å². The molecule has 0 aromatic rings. The van der Waals surface area contributed by atoms with Gasteiger partial charge in [-0.25, -0.2) is 0 Å². The third-order valence-corrected chi connectivity index (χ3v) is 4.88. The number of rotatable bonds is 0. The first kappa shape index (κ1) is 16.6. The summed E-state index contributed by atoms with van der Waals surface area (Å²) in [4.78, 5) is 0. The topological polar surface area (TPSA) is 48.1 Å². The molecule has 6 heteroatoms. The number of hydrogen-bond acceptors (Lipinski definition) is 6. The highest BCUT2D eigenvalue weighted by Crippen LogP contribution is 2.05. The molecule has 18 heavy (non-hydrogen) atoms. The fourth-order valence-electron chi connectivity index (χ4n) is 1.64. The van der Waals surface area contributed by atoms with Crippen LogP contribution < -0.4 is 21.3 Å². The van der Waals surface area contributed by atoms with E-state index in [1.54, 1.807) is 0 Å². The Morgan fingerprint density at radius 1 is 0.389 bits per heavy atom. The predicted octanol–water partition coefficient (Wildman–Crippen LogP) is -0.175. The maximum absolute atomic E-state index is 3.47. The van der Waals surface area contributed by atoms with Gasteiger partial charge in [-0.2, -0.15) is 23.5 Å². The summed E-state index contributed by atoms with van der Waals surface area (Å²) >= 11 is 4.12. The first-order valence-electron chi connectivity index (χ1n) is 6.98. The van der Waals surface area contributed by atoms with Crippen molar-refractivity contribution in [3.63, 3.8) is 0 Å². The van der Waals surface area contributed by atoms with E-state index in [0.29, 0.717) is 0 Å². The van der Waals surface area contributed by atoms with Gasteiger partial charge in [-0.1, -0.05) is 0 Å². The smallest absolute Gasteiger partial charge is 0.00772 e. The van der Waals surface area contributed by atoms with Gasteiger partial charge in [0.25, 0.3) is 0 Å². The monoisotopic (exact) mass is 292 g/mol. The van der Waals surface area contributed by atoms with Crippen LogP contribution in [0.25, 0.3) is 0 Å². The number of thioether (sulfide) groups is 2. The number of nitrogens with one attached hydrogen (secondary N) is 4. The lowest BCUT2D eigenvalue weighted by molar-refractivity contribution is 0.575. The molecule has 4 N–H and O–H groups in total. The van der Waals surface area contributed by atoms with Crippen LogP contribution in [0.1, 0.15) is 0 Å². The molecule has 0 aromatic heterocycles. The Balaban J connectivity index is 2.00. The summed E-state index contributed by atoms with van der Waals surface area (Å²) in [5, 5.41) is 13.8. The van der Waals surface area contributed by atoms with Gasteiger partial charge >= 0.3 is 0 Å². The van der Waals surface area contributed by atoms with Crippen molar-refractivity contribution in [2.45, 2.75) is 0 Å². The Bertz CT molecular complexity index is 97.1. The van der Waals surface area contributed by atoms with Gasteiger partial charge in [0.05, 0.1) is 0 Å². The fourth-order valence-corrected chi connectivity index (χ4v) is 3.57. The average Bonchev–Trinajstić information content (AvgIpc) is 2.39. The third kappa shape index (κ3) is 11.6. The molecular formula is C12H28N4S2. The first-order chi connectivity index (χ1) is 9.00. The van der Waals surface area contributed by atoms with Crippen molar-refractivity contribution in [2.75, 3.05) is 75.4 Å². The molecule has 1 aliphatic rings. The standard InChI is InChI=1S/C12H28N4S2/c1-2-14-4-6-16-8-10-18-12-11-17-9-7-15-5-3-13-1/h13-16H,1-12H2. The molecule has 0 spiro atoms. The summed E-state index contributed by atoms with van der Waals surface area (Å²) < 4.78 is 0. The molecule has 0 atom stereocenters. The van der Waals surface area contributed by atoms with E-state index in [2.05, 4.69) is 44.8 Å². The molecule has 0 unspecified atom stereocenters. The summed E-state index contributed by atoms with van der Waals surface area (Å²) in [5.74, 6) is 5.04. The maximum atomic E-state index is 3.47. The second-order valence-electron chi connectivity index (χ2n) is 4.22. The van der Waals surface area contributed by atoms with Crippen LogP contribution >= 0.6 is 23.5 Å². The molecule has 0 aliphatic carbocycles. The van der Waals surface area contributed by atoms with Gasteiger partial charge < -0.3 is 21.3 Å². The highest BCUT2D eigenvalue weighted by molar-refractivity contribution is 8.02. The van der Waals surface area contributed by atoms with E-state index in [-0.39, 0.29) is 0 Å². The van der Waals surface area contributed by atoms with Crippen molar-refractivity contribution in [3.8, 4) is 0 Å². The van der Waals surface area contributed by atoms with Crippen LogP contribution in [0.2, 0.25) is 0 Å². The van der Waals surface area contributed by atoms with E-state index in [1.165, 1.54) is 23.0 Å². The van der Waals surface area contributed by atoms with E-state index in [0.717, 1.165) is 52.4 Å². The van der Waals surface area contributed by atoms with Crippen LogP contribution in [0, 0.1) is 0 Å². The van der Waals surface area contributed by atoms with Crippen LogP contribution in [0.4, 0.5) is 0 Å². The van der Waals surface area contributed by atoms with Crippen LogP contribution in [-0.4, -0.2) is 75.4 Å². The van der Waals surface area contributed by atoms with E-state index < -0.39 is 0 Å². The van der Waals surface area contributed by atoms with Gasteiger partial charge in [-0.05, 0) is 0 Å². The molecule has 1 rings (SSSR count). The molecule has 1 saturated heterocycles. The van der Waals surface area contributed by atoms with Gasteiger partial charge in [0.1, 0.15) is 0 Å². The Morgan fingerprint density at radius 2 is 0.722 bits per heavy atom. The summed E-state index contributed by atoms with van der Waals surface area (Å²) in [6.07, 6.45) is 0. The van der Waals surface area contributed by atoms with Crippen molar-refractivity contribution >= 4 is 23.5 Å². The molecule has 0 saturated carbocycles.